The number of benzene rings is 2. The van der Waals surface area contributed by atoms with Gasteiger partial charge in [-0.1, -0.05) is 60.7 Å². The zero-order valence-electron chi connectivity index (χ0n) is 13.7. The molecule has 0 aromatic heterocycles. The molecule has 1 aliphatic heterocycles. The van der Waals surface area contributed by atoms with Gasteiger partial charge in [-0.25, -0.2) is 0 Å². The lowest BCUT2D eigenvalue weighted by Gasteiger charge is -2.35. The van der Waals surface area contributed by atoms with Crippen LogP contribution in [-0.2, 0) is 11.3 Å². The number of amides is 1. The summed E-state index contributed by atoms with van der Waals surface area (Å²) in [6, 6.07) is 19.9. The van der Waals surface area contributed by atoms with Crippen molar-refractivity contribution in [3.05, 3.63) is 82.4 Å². The fourth-order valence-corrected chi connectivity index (χ4v) is 4.17. The Hall–Kier alpha value is -2.04. The van der Waals surface area contributed by atoms with E-state index >= 15 is 0 Å². The monoisotopic (exact) mass is 341 g/mol. The van der Waals surface area contributed by atoms with Crippen LogP contribution in [0.4, 0.5) is 0 Å². The number of thioether (sulfide) groups is 1. The van der Waals surface area contributed by atoms with E-state index in [0.717, 1.165) is 21.7 Å². The minimum Gasteiger partial charge on any atom is -0.396 e. The number of rotatable bonds is 5. The quantitative estimate of drug-likeness (QED) is 0.832. The molecule has 0 saturated heterocycles. The highest BCUT2D eigenvalue weighted by atomic mass is 32.2. The summed E-state index contributed by atoms with van der Waals surface area (Å²) in [5, 5.41) is 9.13. The van der Waals surface area contributed by atoms with Crippen molar-refractivity contribution >= 4 is 17.7 Å². The number of hydrogen-bond acceptors (Lipinski definition) is 3. The first-order chi connectivity index (χ1) is 11.7. The average molecular weight is 341 g/mol. The second-order valence-electron chi connectivity index (χ2n) is 5.80. The number of aliphatic hydroxyl groups is 1. The Bertz CT molecular complexity index is 728. The van der Waals surface area contributed by atoms with Gasteiger partial charge in [0.15, 0.2) is 0 Å². The molecule has 0 saturated carbocycles. The largest absolute Gasteiger partial charge is 0.396 e. The van der Waals surface area contributed by atoms with Crippen LogP contribution >= 0.6 is 11.8 Å². The highest BCUT2D eigenvalue weighted by molar-refractivity contribution is 8.04. The smallest absolute Gasteiger partial charge is 0.245 e. The molecule has 1 N–H and O–H groups in total. The second kappa shape index (κ2) is 7.69. The molecule has 0 aliphatic carbocycles. The lowest BCUT2D eigenvalue weighted by Crippen LogP contribution is -2.36. The van der Waals surface area contributed by atoms with Gasteiger partial charge in [-0.15, -0.1) is 11.8 Å². The van der Waals surface area contributed by atoms with E-state index in [0.29, 0.717) is 13.0 Å². The molecule has 1 unspecified atom stereocenters. The predicted molar refractivity (Wildman–Crippen MR) is 98.2 cm³/mol. The standard InChI is InChI=1S/C20H21NO2S/c1-15-18(12-13-22)24-19(17-10-6-3-7-11-17)20(23)21(15)14-16-8-4-2-5-9-16/h2-11,19,22H,12-14H2,1H3/i23+2. The van der Waals surface area contributed by atoms with Crippen LogP contribution in [0.2, 0.25) is 0 Å². The highest BCUT2D eigenvalue weighted by Gasteiger charge is 2.34. The van der Waals surface area contributed by atoms with Gasteiger partial charge in [0.05, 0.1) is 6.54 Å². The van der Waals surface area contributed by atoms with Crippen LogP contribution < -0.4 is 0 Å². The third-order valence-corrected chi connectivity index (χ3v) is 5.68. The summed E-state index contributed by atoms with van der Waals surface area (Å²) in [7, 11) is 0. The first-order valence-electron chi connectivity index (χ1n) is 8.08. The molecule has 3 rings (SSSR count). The SMILES string of the molecule is CC1=C(CCO)SC(c2ccccc2)C(=[18O])N1Cc1ccccc1. The summed E-state index contributed by atoms with van der Waals surface area (Å²) in [6.07, 6.45) is 0.582. The molecule has 3 nitrogen and oxygen atoms in total. The predicted octanol–water partition coefficient (Wildman–Crippen LogP) is 4.12. The van der Waals surface area contributed by atoms with Crippen LogP contribution in [0.15, 0.2) is 71.3 Å². The Morgan fingerprint density at radius 2 is 1.67 bits per heavy atom. The number of nitrogens with zero attached hydrogens (tertiary/aromatic N) is 1. The number of hydrogen-bond donors (Lipinski definition) is 1. The van der Waals surface area contributed by atoms with E-state index < -0.39 is 0 Å². The van der Waals surface area contributed by atoms with Gasteiger partial charge in [0.2, 0.25) is 5.91 Å². The van der Waals surface area contributed by atoms with E-state index in [1.807, 2.05) is 72.5 Å². The molecule has 4 heteroatoms. The van der Waals surface area contributed by atoms with Crippen molar-refractivity contribution in [3.63, 3.8) is 0 Å². The fraction of sp³-hybridized carbons (Fsp3) is 0.250. The normalized spacial score (nSPS) is 18.2. The summed E-state index contributed by atoms with van der Waals surface area (Å²) in [6.45, 7) is 2.62. The van der Waals surface area contributed by atoms with Crippen molar-refractivity contribution in [1.29, 1.82) is 0 Å². The first kappa shape index (κ1) is 16.8. The van der Waals surface area contributed by atoms with Crippen LogP contribution in [0, 0.1) is 0 Å². The summed E-state index contributed by atoms with van der Waals surface area (Å²) < 4.78 is 0. The molecule has 0 fully saturated rings. The Labute approximate surface area is 147 Å². The average Bonchev–Trinajstić information content (AvgIpc) is 2.63. The maximum Gasteiger partial charge on any atom is 0.245 e. The summed E-state index contributed by atoms with van der Waals surface area (Å²) in [5.74, 6) is 0.106. The molecule has 1 amide bonds. The van der Waals surface area contributed by atoms with E-state index in [-0.39, 0.29) is 17.8 Å². The Balaban J connectivity index is 1.95. The van der Waals surface area contributed by atoms with E-state index in [2.05, 4.69) is 0 Å². The van der Waals surface area contributed by atoms with Crippen molar-refractivity contribution in [2.75, 3.05) is 6.61 Å². The van der Waals surface area contributed by atoms with Crippen LogP contribution in [0.3, 0.4) is 0 Å². The zero-order chi connectivity index (χ0) is 16.9. The van der Waals surface area contributed by atoms with Gasteiger partial charge < -0.3 is 10.0 Å². The fourth-order valence-electron chi connectivity index (χ4n) is 2.88. The highest BCUT2D eigenvalue weighted by Crippen LogP contribution is 2.44. The number of aliphatic hydroxyl groups excluding tert-OH is 1. The van der Waals surface area contributed by atoms with E-state index in [9.17, 15) is 9.90 Å². The molecule has 0 radical (unpaired) electrons. The maximum atomic E-state index is 13.1. The van der Waals surface area contributed by atoms with Crippen molar-refractivity contribution < 1.29 is 9.90 Å². The van der Waals surface area contributed by atoms with Crippen LogP contribution in [0.5, 0.6) is 0 Å². The van der Waals surface area contributed by atoms with Gasteiger partial charge in [-0.05, 0) is 18.1 Å². The molecule has 24 heavy (non-hydrogen) atoms. The number of carbonyl (C=O) groups excluding carboxylic acids is 1. The molecule has 2 aromatic rings. The van der Waals surface area contributed by atoms with Gasteiger partial charge in [-0.3, -0.25) is 4.79 Å². The Morgan fingerprint density at radius 1 is 1.04 bits per heavy atom. The first-order valence-corrected chi connectivity index (χ1v) is 8.96. The molecule has 1 aliphatic rings. The second-order valence-corrected chi connectivity index (χ2v) is 7.00. The zero-order valence-corrected chi connectivity index (χ0v) is 14.5. The topological polar surface area (TPSA) is 40.5 Å². The lowest BCUT2D eigenvalue weighted by molar-refractivity contribution is -0.129. The van der Waals surface area contributed by atoms with Gasteiger partial charge in [0.25, 0.3) is 0 Å². The van der Waals surface area contributed by atoms with Crippen molar-refractivity contribution in [1.82, 2.24) is 4.90 Å². The number of carbonyl (C=O) groups is 1. The summed E-state index contributed by atoms with van der Waals surface area (Å²) in [4.78, 5) is 16.0. The van der Waals surface area contributed by atoms with Crippen molar-refractivity contribution in [3.8, 4) is 0 Å². The third kappa shape index (κ3) is 3.55. The lowest BCUT2D eigenvalue weighted by atomic mass is 10.1. The Morgan fingerprint density at radius 3 is 2.29 bits per heavy atom. The van der Waals surface area contributed by atoms with E-state index in [1.54, 1.807) is 11.8 Å². The van der Waals surface area contributed by atoms with Gasteiger partial charge in [0, 0.05) is 23.6 Å². The summed E-state index contributed by atoms with van der Waals surface area (Å²) >= 11 is 1.57. The minimum atomic E-state index is -0.250. The molecule has 0 spiro atoms. The van der Waals surface area contributed by atoms with Gasteiger partial charge >= 0.3 is 0 Å². The van der Waals surface area contributed by atoms with Crippen LogP contribution in [-0.4, -0.2) is 22.5 Å². The molecule has 0 bridgehead atoms. The minimum absolute atomic E-state index is 0.0918. The molecule has 1 atom stereocenters. The van der Waals surface area contributed by atoms with Gasteiger partial charge in [0.1, 0.15) is 5.25 Å². The van der Waals surface area contributed by atoms with E-state index in [4.69, 9.17) is 0 Å². The van der Waals surface area contributed by atoms with Crippen molar-refractivity contribution in [2.24, 2.45) is 0 Å². The summed E-state index contributed by atoms with van der Waals surface area (Å²) in [5.41, 5.74) is 3.07. The maximum absolute atomic E-state index is 13.1. The van der Waals surface area contributed by atoms with Crippen LogP contribution in [0.25, 0.3) is 0 Å². The number of allylic oxidation sites excluding steroid dienone is 1. The molecule has 1 heterocycles. The van der Waals surface area contributed by atoms with Gasteiger partial charge in [-0.2, -0.15) is 0 Å². The Kier molecular flexibility index (Phi) is 5.38. The molecule has 2 aromatic carbocycles. The van der Waals surface area contributed by atoms with Crippen LogP contribution in [0.1, 0.15) is 29.7 Å². The van der Waals surface area contributed by atoms with E-state index in [1.165, 1.54) is 0 Å². The molecular formula is C20H21NO2S. The van der Waals surface area contributed by atoms with Crippen molar-refractivity contribution in [2.45, 2.75) is 25.1 Å². The third-order valence-electron chi connectivity index (χ3n) is 4.18. The molecule has 124 valence electrons. The molecular weight excluding hydrogens is 320 g/mol.